The fraction of sp³-hybridized carbons (Fsp3) is 0.360. The first-order valence-corrected chi connectivity index (χ1v) is 11.7. The number of carbonyl (C=O) groups is 1. The summed E-state index contributed by atoms with van der Waals surface area (Å²) >= 11 is 1.62. The molecule has 0 radical (unpaired) electrons. The van der Waals surface area contributed by atoms with E-state index in [-0.39, 0.29) is 5.91 Å². The van der Waals surface area contributed by atoms with Crippen molar-refractivity contribution in [3.8, 4) is 5.75 Å². The molecule has 3 aromatic rings. The molecular weight excluding hydrogens is 406 g/mol. The second-order valence-electron chi connectivity index (χ2n) is 8.02. The molecule has 5 nitrogen and oxygen atoms in total. The molecule has 1 aliphatic rings. The molecule has 1 aromatic heterocycles. The fourth-order valence-electron chi connectivity index (χ4n) is 3.87. The third-order valence-corrected chi connectivity index (χ3v) is 6.51. The van der Waals surface area contributed by atoms with Gasteiger partial charge in [0, 0.05) is 43.7 Å². The Hall–Kier alpha value is -2.70. The molecular formula is C25H29N3O2S. The zero-order chi connectivity index (χ0) is 21.6. The van der Waals surface area contributed by atoms with E-state index in [0.29, 0.717) is 12.2 Å². The zero-order valence-electron chi connectivity index (χ0n) is 18.2. The molecule has 1 fully saturated rings. The van der Waals surface area contributed by atoms with Crippen molar-refractivity contribution in [1.29, 1.82) is 0 Å². The monoisotopic (exact) mass is 435 g/mol. The molecule has 0 unspecified atom stereocenters. The standard InChI is InChI=1S/C25H29N3O2S/c1-19-6-3-4-7-22(19)16-27-12-5-13-28(15-14-27)25(29)21-8-10-24(11-9-21)30-17-23-18-31-20(2)26-23/h3-4,6-11,18H,5,12-17H2,1-2H3. The summed E-state index contributed by atoms with van der Waals surface area (Å²) in [5.74, 6) is 0.849. The molecule has 0 saturated carbocycles. The van der Waals surface area contributed by atoms with Crippen LogP contribution in [0, 0.1) is 13.8 Å². The van der Waals surface area contributed by atoms with Gasteiger partial charge in [-0.25, -0.2) is 4.98 Å². The number of hydrogen-bond donors (Lipinski definition) is 0. The number of benzene rings is 2. The van der Waals surface area contributed by atoms with Crippen LogP contribution in [-0.2, 0) is 13.2 Å². The highest BCUT2D eigenvalue weighted by molar-refractivity contribution is 7.09. The second kappa shape index (κ2) is 10.1. The molecule has 6 heteroatoms. The molecule has 2 aromatic carbocycles. The molecule has 0 aliphatic carbocycles. The Morgan fingerprint density at radius 3 is 2.58 bits per heavy atom. The lowest BCUT2D eigenvalue weighted by Crippen LogP contribution is -2.35. The number of carbonyl (C=O) groups excluding carboxylic acids is 1. The van der Waals surface area contributed by atoms with Crippen molar-refractivity contribution in [3.63, 3.8) is 0 Å². The van der Waals surface area contributed by atoms with Gasteiger partial charge in [0.1, 0.15) is 12.4 Å². The zero-order valence-corrected chi connectivity index (χ0v) is 19.0. The summed E-state index contributed by atoms with van der Waals surface area (Å²) in [6.07, 6.45) is 0.992. The number of thiazole rings is 1. The maximum Gasteiger partial charge on any atom is 0.253 e. The predicted octanol–water partition coefficient (Wildman–Crippen LogP) is 4.69. The van der Waals surface area contributed by atoms with E-state index in [1.165, 1.54) is 11.1 Å². The highest BCUT2D eigenvalue weighted by Crippen LogP contribution is 2.18. The van der Waals surface area contributed by atoms with Crippen LogP contribution < -0.4 is 4.74 Å². The van der Waals surface area contributed by atoms with Crippen LogP contribution in [0.3, 0.4) is 0 Å². The maximum atomic E-state index is 13.0. The number of hydrogen-bond acceptors (Lipinski definition) is 5. The third-order valence-electron chi connectivity index (χ3n) is 5.69. The Morgan fingerprint density at radius 1 is 1.03 bits per heavy atom. The Morgan fingerprint density at radius 2 is 1.84 bits per heavy atom. The van der Waals surface area contributed by atoms with Crippen LogP contribution in [0.2, 0.25) is 0 Å². The molecule has 4 rings (SSSR count). The normalized spacial score (nSPS) is 15.0. The molecule has 1 saturated heterocycles. The van der Waals surface area contributed by atoms with E-state index in [9.17, 15) is 4.79 Å². The predicted molar refractivity (Wildman–Crippen MR) is 125 cm³/mol. The molecule has 0 bridgehead atoms. The number of ether oxygens (including phenoxy) is 1. The summed E-state index contributed by atoms with van der Waals surface area (Å²) in [5.41, 5.74) is 4.34. The molecule has 2 heterocycles. The highest BCUT2D eigenvalue weighted by Gasteiger charge is 2.20. The van der Waals surface area contributed by atoms with Crippen LogP contribution in [0.1, 0.15) is 38.6 Å². The van der Waals surface area contributed by atoms with Gasteiger partial charge in [0.15, 0.2) is 0 Å². The first-order chi connectivity index (χ1) is 15.1. The largest absolute Gasteiger partial charge is 0.487 e. The lowest BCUT2D eigenvalue weighted by Gasteiger charge is -2.22. The minimum Gasteiger partial charge on any atom is -0.487 e. The SMILES string of the molecule is Cc1nc(COc2ccc(C(=O)N3CCCN(Cc4ccccc4C)CC3)cc2)cs1. The van der Waals surface area contributed by atoms with Gasteiger partial charge in [0.05, 0.1) is 10.7 Å². The highest BCUT2D eigenvalue weighted by atomic mass is 32.1. The van der Waals surface area contributed by atoms with Crippen molar-refractivity contribution in [3.05, 3.63) is 81.3 Å². The van der Waals surface area contributed by atoms with Gasteiger partial charge < -0.3 is 9.64 Å². The van der Waals surface area contributed by atoms with Crippen LogP contribution >= 0.6 is 11.3 Å². The Labute approximate surface area is 188 Å². The van der Waals surface area contributed by atoms with Gasteiger partial charge in [-0.15, -0.1) is 11.3 Å². The minimum absolute atomic E-state index is 0.0967. The first kappa shape index (κ1) is 21.5. The smallest absolute Gasteiger partial charge is 0.253 e. The van der Waals surface area contributed by atoms with Crippen molar-refractivity contribution in [1.82, 2.24) is 14.8 Å². The third kappa shape index (κ3) is 5.71. The second-order valence-corrected chi connectivity index (χ2v) is 9.08. The molecule has 1 amide bonds. The number of aryl methyl sites for hydroxylation is 2. The number of amides is 1. The molecule has 1 aliphatic heterocycles. The van der Waals surface area contributed by atoms with Crippen LogP contribution in [-0.4, -0.2) is 46.9 Å². The number of aromatic nitrogens is 1. The summed E-state index contributed by atoms with van der Waals surface area (Å²) in [6, 6.07) is 16.0. The van der Waals surface area contributed by atoms with Crippen LogP contribution in [0.5, 0.6) is 5.75 Å². The molecule has 162 valence electrons. The van der Waals surface area contributed by atoms with Crippen molar-refractivity contribution in [2.24, 2.45) is 0 Å². The summed E-state index contributed by atoms with van der Waals surface area (Å²) in [7, 11) is 0. The molecule has 0 spiro atoms. The minimum atomic E-state index is 0.0967. The quantitative estimate of drug-likeness (QED) is 0.564. The fourth-order valence-corrected chi connectivity index (χ4v) is 4.47. The lowest BCUT2D eigenvalue weighted by atomic mass is 10.1. The summed E-state index contributed by atoms with van der Waals surface area (Å²) in [4.78, 5) is 21.9. The molecule has 31 heavy (non-hydrogen) atoms. The average molecular weight is 436 g/mol. The van der Waals surface area contributed by atoms with E-state index < -0.39 is 0 Å². The van der Waals surface area contributed by atoms with E-state index in [0.717, 1.165) is 55.6 Å². The van der Waals surface area contributed by atoms with Gasteiger partial charge in [-0.3, -0.25) is 9.69 Å². The van der Waals surface area contributed by atoms with E-state index in [1.54, 1.807) is 11.3 Å². The van der Waals surface area contributed by atoms with Crippen molar-refractivity contribution in [2.45, 2.75) is 33.4 Å². The van der Waals surface area contributed by atoms with Gasteiger partial charge in [-0.1, -0.05) is 24.3 Å². The van der Waals surface area contributed by atoms with E-state index in [1.807, 2.05) is 41.5 Å². The van der Waals surface area contributed by atoms with Gasteiger partial charge in [0.25, 0.3) is 5.91 Å². The van der Waals surface area contributed by atoms with Gasteiger partial charge >= 0.3 is 0 Å². The van der Waals surface area contributed by atoms with Crippen molar-refractivity contribution < 1.29 is 9.53 Å². The Bertz CT molecular complexity index is 1020. The van der Waals surface area contributed by atoms with Crippen LogP contribution in [0.4, 0.5) is 0 Å². The lowest BCUT2D eigenvalue weighted by molar-refractivity contribution is 0.0761. The molecule has 0 N–H and O–H groups in total. The first-order valence-electron chi connectivity index (χ1n) is 10.8. The maximum absolute atomic E-state index is 13.0. The van der Waals surface area contributed by atoms with E-state index >= 15 is 0 Å². The van der Waals surface area contributed by atoms with Crippen molar-refractivity contribution in [2.75, 3.05) is 26.2 Å². The van der Waals surface area contributed by atoms with Gasteiger partial charge in [-0.2, -0.15) is 0 Å². The summed E-state index contributed by atoms with van der Waals surface area (Å²) in [5, 5.41) is 3.05. The number of rotatable bonds is 6. The van der Waals surface area contributed by atoms with Crippen LogP contribution in [0.15, 0.2) is 53.9 Å². The number of nitrogens with zero attached hydrogens (tertiary/aromatic N) is 3. The van der Waals surface area contributed by atoms with Crippen LogP contribution in [0.25, 0.3) is 0 Å². The molecule has 0 atom stereocenters. The van der Waals surface area contributed by atoms with E-state index in [4.69, 9.17) is 4.74 Å². The topological polar surface area (TPSA) is 45.7 Å². The van der Waals surface area contributed by atoms with Gasteiger partial charge in [0.2, 0.25) is 0 Å². The Kier molecular flexibility index (Phi) is 6.99. The van der Waals surface area contributed by atoms with Crippen molar-refractivity contribution >= 4 is 17.2 Å². The van der Waals surface area contributed by atoms with E-state index in [2.05, 4.69) is 41.1 Å². The van der Waals surface area contributed by atoms with Gasteiger partial charge in [-0.05, 0) is 55.7 Å². The average Bonchev–Trinajstić information content (AvgIpc) is 3.06. The Balaban J connectivity index is 1.31. The summed E-state index contributed by atoms with van der Waals surface area (Å²) in [6.45, 7) is 9.00. The summed E-state index contributed by atoms with van der Waals surface area (Å²) < 4.78 is 5.80.